The highest BCUT2D eigenvalue weighted by Gasteiger charge is 2.04. The Labute approximate surface area is 122 Å². The first-order valence-electron chi connectivity index (χ1n) is 5.11. The van der Waals surface area contributed by atoms with Gasteiger partial charge in [-0.1, -0.05) is 43.6 Å². The van der Waals surface area contributed by atoms with Crippen molar-refractivity contribution in [3.8, 4) is 0 Å². The molecule has 0 amide bonds. The van der Waals surface area contributed by atoms with E-state index in [2.05, 4.69) is 56.1 Å². The van der Waals surface area contributed by atoms with E-state index in [1.54, 1.807) is 11.8 Å². The smallest absolute Gasteiger partial charge is 0.0189 e. The minimum Gasteiger partial charge on any atom is -0.326 e. The fourth-order valence-corrected chi connectivity index (χ4v) is 3.05. The van der Waals surface area contributed by atoms with Crippen LogP contribution in [0.1, 0.15) is 5.56 Å². The van der Waals surface area contributed by atoms with Gasteiger partial charge in [0.1, 0.15) is 0 Å². The van der Waals surface area contributed by atoms with Crippen LogP contribution >= 0.6 is 43.6 Å². The molecule has 0 aliphatic rings. The average Bonchev–Trinajstić information content (AvgIpc) is 2.34. The second kappa shape index (κ2) is 6.05. The Bertz CT molecular complexity index is 511. The summed E-state index contributed by atoms with van der Waals surface area (Å²) < 4.78 is 2.16. The third-order valence-corrected chi connectivity index (χ3v) is 4.43. The van der Waals surface area contributed by atoms with Crippen molar-refractivity contribution >= 4 is 43.6 Å². The Morgan fingerprint density at radius 2 is 1.59 bits per heavy atom. The first kappa shape index (κ1) is 13.1. The number of benzene rings is 2. The summed E-state index contributed by atoms with van der Waals surface area (Å²) >= 11 is 8.63. The number of halogens is 2. The van der Waals surface area contributed by atoms with Crippen LogP contribution in [0.25, 0.3) is 0 Å². The molecular formula is C13H11Br2NS. The van der Waals surface area contributed by atoms with E-state index in [4.69, 9.17) is 5.73 Å². The molecule has 0 unspecified atom stereocenters. The zero-order valence-corrected chi connectivity index (χ0v) is 13.0. The molecular weight excluding hydrogens is 362 g/mol. The van der Waals surface area contributed by atoms with Crippen molar-refractivity contribution in [2.24, 2.45) is 5.73 Å². The average molecular weight is 373 g/mol. The van der Waals surface area contributed by atoms with Crippen molar-refractivity contribution in [2.45, 2.75) is 16.3 Å². The van der Waals surface area contributed by atoms with Crippen LogP contribution in [-0.4, -0.2) is 0 Å². The second-order valence-corrected chi connectivity index (χ2v) is 6.46. The van der Waals surface area contributed by atoms with Crippen LogP contribution in [0, 0.1) is 0 Å². The lowest BCUT2D eigenvalue weighted by Crippen LogP contribution is -1.98. The van der Waals surface area contributed by atoms with Crippen LogP contribution < -0.4 is 5.73 Å². The minimum absolute atomic E-state index is 0.554. The maximum atomic E-state index is 5.76. The van der Waals surface area contributed by atoms with E-state index >= 15 is 0 Å². The number of nitrogens with two attached hydrogens (primary N) is 1. The predicted molar refractivity (Wildman–Crippen MR) is 80.3 cm³/mol. The van der Waals surface area contributed by atoms with E-state index in [0.717, 1.165) is 14.5 Å². The molecule has 0 saturated heterocycles. The second-order valence-electron chi connectivity index (χ2n) is 3.51. The Balaban J connectivity index is 2.26. The van der Waals surface area contributed by atoms with Gasteiger partial charge in [-0.3, -0.25) is 0 Å². The molecule has 2 N–H and O–H groups in total. The van der Waals surface area contributed by atoms with Gasteiger partial charge in [-0.05, 0) is 48.0 Å². The normalized spacial score (nSPS) is 10.5. The Hall–Kier alpha value is -0.290. The lowest BCUT2D eigenvalue weighted by Gasteiger charge is -2.08. The van der Waals surface area contributed by atoms with Crippen LogP contribution in [0.3, 0.4) is 0 Å². The summed E-state index contributed by atoms with van der Waals surface area (Å²) in [5.41, 5.74) is 6.92. The number of hydrogen-bond donors (Lipinski definition) is 1. The van der Waals surface area contributed by atoms with Gasteiger partial charge in [-0.25, -0.2) is 0 Å². The standard InChI is InChI=1S/C13H11Br2NS/c14-10-1-4-12(5-2-10)17-13-6-3-11(15)7-9(13)8-16/h1-7H,8,16H2. The molecule has 0 aliphatic carbocycles. The first-order valence-corrected chi connectivity index (χ1v) is 7.51. The Kier molecular flexibility index (Phi) is 4.68. The SMILES string of the molecule is NCc1cc(Br)ccc1Sc1ccc(Br)cc1. The summed E-state index contributed by atoms with van der Waals surface area (Å²) in [6.07, 6.45) is 0. The topological polar surface area (TPSA) is 26.0 Å². The summed E-state index contributed by atoms with van der Waals surface area (Å²) in [7, 11) is 0. The molecule has 0 bridgehead atoms. The van der Waals surface area contributed by atoms with Gasteiger partial charge in [-0.15, -0.1) is 0 Å². The summed E-state index contributed by atoms with van der Waals surface area (Å²) in [6, 6.07) is 14.5. The fraction of sp³-hybridized carbons (Fsp3) is 0.0769. The molecule has 0 aromatic heterocycles. The van der Waals surface area contributed by atoms with Gasteiger partial charge < -0.3 is 5.73 Å². The monoisotopic (exact) mass is 371 g/mol. The van der Waals surface area contributed by atoms with E-state index in [1.165, 1.54) is 9.79 Å². The van der Waals surface area contributed by atoms with Gasteiger partial charge >= 0.3 is 0 Å². The summed E-state index contributed by atoms with van der Waals surface area (Å²) in [6.45, 7) is 0.554. The van der Waals surface area contributed by atoms with Gasteiger partial charge in [0, 0.05) is 25.3 Å². The van der Waals surface area contributed by atoms with Crippen LogP contribution in [0.15, 0.2) is 61.2 Å². The molecule has 2 rings (SSSR count). The number of rotatable bonds is 3. The first-order chi connectivity index (χ1) is 8.19. The zero-order chi connectivity index (χ0) is 12.3. The Morgan fingerprint density at radius 3 is 2.24 bits per heavy atom. The molecule has 2 aromatic carbocycles. The zero-order valence-electron chi connectivity index (χ0n) is 8.99. The molecule has 0 spiro atoms. The molecule has 0 heterocycles. The molecule has 0 radical (unpaired) electrons. The summed E-state index contributed by atoms with van der Waals surface area (Å²) in [4.78, 5) is 2.42. The largest absolute Gasteiger partial charge is 0.326 e. The third-order valence-electron chi connectivity index (χ3n) is 2.28. The van der Waals surface area contributed by atoms with Gasteiger partial charge in [-0.2, -0.15) is 0 Å². The molecule has 2 aromatic rings. The van der Waals surface area contributed by atoms with Crippen molar-refractivity contribution in [3.63, 3.8) is 0 Å². The molecule has 1 nitrogen and oxygen atoms in total. The van der Waals surface area contributed by atoms with Crippen LogP contribution in [0.4, 0.5) is 0 Å². The highest BCUT2D eigenvalue weighted by atomic mass is 79.9. The van der Waals surface area contributed by atoms with Crippen molar-refractivity contribution in [3.05, 3.63) is 57.0 Å². The van der Waals surface area contributed by atoms with Crippen molar-refractivity contribution in [2.75, 3.05) is 0 Å². The van der Waals surface area contributed by atoms with Crippen LogP contribution in [0.2, 0.25) is 0 Å². The highest BCUT2D eigenvalue weighted by Crippen LogP contribution is 2.32. The lowest BCUT2D eigenvalue weighted by atomic mass is 10.2. The minimum atomic E-state index is 0.554. The van der Waals surface area contributed by atoms with E-state index in [-0.39, 0.29) is 0 Å². The molecule has 0 aliphatic heterocycles. The summed E-state index contributed by atoms with van der Waals surface area (Å²) in [5.74, 6) is 0. The third kappa shape index (κ3) is 3.58. The van der Waals surface area contributed by atoms with E-state index in [0.29, 0.717) is 6.54 Å². The molecule has 17 heavy (non-hydrogen) atoms. The lowest BCUT2D eigenvalue weighted by molar-refractivity contribution is 1.02. The molecule has 0 fully saturated rings. The highest BCUT2D eigenvalue weighted by molar-refractivity contribution is 9.10. The van der Waals surface area contributed by atoms with Gasteiger partial charge in [0.15, 0.2) is 0 Å². The van der Waals surface area contributed by atoms with Crippen molar-refractivity contribution < 1.29 is 0 Å². The van der Waals surface area contributed by atoms with E-state index < -0.39 is 0 Å². The summed E-state index contributed by atoms with van der Waals surface area (Å²) in [5, 5.41) is 0. The van der Waals surface area contributed by atoms with Crippen molar-refractivity contribution in [1.29, 1.82) is 0 Å². The van der Waals surface area contributed by atoms with Crippen molar-refractivity contribution in [1.82, 2.24) is 0 Å². The van der Waals surface area contributed by atoms with E-state index in [1.807, 2.05) is 18.2 Å². The van der Waals surface area contributed by atoms with E-state index in [9.17, 15) is 0 Å². The molecule has 88 valence electrons. The maximum absolute atomic E-state index is 5.76. The number of hydrogen-bond acceptors (Lipinski definition) is 2. The molecule has 0 atom stereocenters. The van der Waals surface area contributed by atoms with Gasteiger partial charge in [0.05, 0.1) is 0 Å². The van der Waals surface area contributed by atoms with Gasteiger partial charge in [0.2, 0.25) is 0 Å². The molecule has 4 heteroatoms. The van der Waals surface area contributed by atoms with Crippen LogP contribution in [0.5, 0.6) is 0 Å². The van der Waals surface area contributed by atoms with Gasteiger partial charge in [0.25, 0.3) is 0 Å². The maximum Gasteiger partial charge on any atom is 0.0189 e. The molecule has 0 saturated carbocycles. The van der Waals surface area contributed by atoms with Crippen LogP contribution in [-0.2, 0) is 6.54 Å². The fourth-order valence-electron chi connectivity index (χ4n) is 1.44. The predicted octanol–water partition coefficient (Wildman–Crippen LogP) is 4.82. The Morgan fingerprint density at radius 1 is 0.941 bits per heavy atom. The quantitative estimate of drug-likeness (QED) is 0.835.